The summed E-state index contributed by atoms with van der Waals surface area (Å²) in [6, 6.07) is 3.10. The third-order valence-corrected chi connectivity index (χ3v) is 1.39. The van der Waals surface area contributed by atoms with E-state index >= 15 is 0 Å². The number of likely N-dealkylation sites (N-methyl/N-ethyl adjacent to an activating group) is 1. The van der Waals surface area contributed by atoms with Crippen LogP contribution in [0.4, 0.5) is 0 Å². The van der Waals surface area contributed by atoms with Crippen LogP contribution in [-0.4, -0.2) is 19.4 Å². The minimum atomic E-state index is -0.0978. The van der Waals surface area contributed by atoms with Crippen molar-refractivity contribution in [1.29, 1.82) is 0 Å². The molecule has 0 atom stereocenters. The first kappa shape index (κ1) is 8.30. The zero-order valence-corrected chi connectivity index (χ0v) is 6.81. The van der Waals surface area contributed by atoms with Gasteiger partial charge < -0.3 is 9.73 Å². The maximum absolute atomic E-state index is 11.0. The molecular weight excluding hydrogens is 166 g/mol. The van der Waals surface area contributed by atoms with Crippen LogP contribution in [-0.2, 0) is 0 Å². The molecule has 60 valence electrons. The third kappa shape index (κ3) is 2.06. The highest BCUT2D eigenvalue weighted by molar-refractivity contribution is 6.29. The van der Waals surface area contributed by atoms with Gasteiger partial charge in [0.15, 0.2) is 11.0 Å². The molecule has 0 bridgehead atoms. The molecule has 0 aliphatic rings. The third-order valence-electron chi connectivity index (χ3n) is 1.19. The number of carbonyl (C=O) groups excluding carboxylic acids is 1. The van der Waals surface area contributed by atoms with Crippen molar-refractivity contribution in [1.82, 2.24) is 5.32 Å². The van der Waals surface area contributed by atoms with E-state index in [0.717, 1.165) is 0 Å². The normalized spacial score (nSPS) is 10.0. The molecule has 1 N–H and O–H groups in total. The lowest BCUT2D eigenvalue weighted by molar-refractivity contribution is 0.0967. The SMILES string of the molecule is CNCC(=O)c1ccc(Cl)o1. The summed E-state index contributed by atoms with van der Waals surface area (Å²) in [5, 5.41) is 2.96. The molecule has 0 radical (unpaired) electrons. The van der Waals surface area contributed by atoms with Crippen molar-refractivity contribution in [2.75, 3.05) is 13.6 Å². The topological polar surface area (TPSA) is 42.2 Å². The molecule has 1 heterocycles. The number of hydrogen-bond donors (Lipinski definition) is 1. The van der Waals surface area contributed by atoms with Gasteiger partial charge in [0.05, 0.1) is 6.54 Å². The van der Waals surface area contributed by atoms with Crippen molar-refractivity contribution < 1.29 is 9.21 Å². The summed E-state index contributed by atoms with van der Waals surface area (Å²) in [4.78, 5) is 11.0. The molecule has 1 aromatic heterocycles. The Balaban J connectivity index is 2.69. The van der Waals surface area contributed by atoms with Gasteiger partial charge in [-0.2, -0.15) is 0 Å². The van der Waals surface area contributed by atoms with Gasteiger partial charge >= 0.3 is 0 Å². The van der Waals surface area contributed by atoms with E-state index in [1.807, 2.05) is 0 Å². The maximum atomic E-state index is 11.0. The smallest absolute Gasteiger partial charge is 0.211 e. The van der Waals surface area contributed by atoms with E-state index < -0.39 is 0 Å². The summed E-state index contributed by atoms with van der Waals surface area (Å²) in [7, 11) is 1.70. The number of nitrogens with one attached hydrogen (secondary N) is 1. The van der Waals surface area contributed by atoms with Crippen LogP contribution in [0.1, 0.15) is 10.6 Å². The summed E-state index contributed by atoms with van der Waals surface area (Å²) < 4.78 is 4.87. The fraction of sp³-hybridized carbons (Fsp3) is 0.286. The number of rotatable bonds is 3. The van der Waals surface area contributed by atoms with Gasteiger partial charge in [-0.1, -0.05) is 0 Å². The monoisotopic (exact) mass is 173 g/mol. The Morgan fingerprint density at radius 3 is 2.91 bits per heavy atom. The molecule has 0 aliphatic heterocycles. The van der Waals surface area contributed by atoms with E-state index in [1.54, 1.807) is 19.2 Å². The number of halogens is 1. The van der Waals surface area contributed by atoms with Crippen LogP contribution in [0.5, 0.6) is 0 Å². The summed E-state index contributed by atoms with van der Waals surface area (Å²) in [5.74, 6) is 0.198. The summed E-state index contributed by atoms with van der Waals surface area (Å²) in [5.41, 5.74) is 0. The van der Waals surface area contributed by atoms with Crippen molar-refractivity contribution in [3.63, 3.8) is 0 Å². The van der Waals surface area contributed by atoms with E-state index in [4.69, 9.17) is 16.0 Å². The second-order valence-electron chi connectivity index (χ2n) is 2.06. The Morgan fingerprint density at radius 1 is 1.73 bits per heavy atom. The lowest BCUT2D eigenvalue weighted by Crippen LogP contribution is -2.17. The minimum absolute atomic E-state index is 0.0978. The van der Waals surface area contributed by atoms with Crippen molar-refractivity contribution in [3.05, 3.63) is 23.1 Å². The summed E-state index contributed by atoms with van der Waals surface area (Å²) >= 11 is 5.47. The highest BCUT2D eigenvalue weighted by Gasteiger charge is 2.08. The van der Waals surface area contributed by atoms with E-state index in [1.165, 1.54) is 0 Å². The van der Waals surface area contributed by atoms with E-state index in [9.17, 15) is 4.79 Å². The van der Waals surface area contributed by atoms with Gasteiger partial charge in [-0.05, 0) is 30.8 Å². The number of hydrogen-bond acceptors (Lipinski definition) is 3. The lowest BCUT2D eigenvalue weighted by atomic mass is 10.3. The summed E-state index contributed by atoms with van der Waals surface area (Å²) in [6.45, 7) is 0.268. The van der Waals surface area contributed by atoms with Crippen LogP contribution in [0.2, 0.25) is 5.22 Å². The van der Waals surface area contributed by atoms with Gasteiger partial charge in [-0.3, -0.25) is 4.79 Å². The lowest BCUT2D eigenvalue weighted by Gasteiger charge is -1.92. The average molecular weight is 174 g/mol. The van der Waals surface area contributed by atoms with Crippen LogP contribution < -0.4 is 5.32 Å². The van der Waals surface area contributed by atoms with E-state index in [2.05, 4.69) is 5.32 Å². The second-order valence-corrected chi connectivity index (χ2v) is 2.43. The van der Waals surface area contributed by atoms with Gasteiger partial charge in [0.25, 0.3) is 0 Å². The molecule has 11 heavy (non-hydrogen) atoms. The molecule has 1 rings (SSSR count). The number of carbonyl (C=O) groups is 1. The molecule has 4 heteroatoms. The fourth-order valence-corrected chi connectivity index (χ4v) is 0.858. The maximum Gasteiger partial charge on any atom is 0.211 e. The van der Waals surface area contributed by atoms with Crippen LogP contribution in [0.3, 0.4) is 0 Å². The van der Waals surface area contributed by atoms with Crippen molar-refractivity contribution >= 4 is 17.4 Å². The van der Waals surface area contributed by atoms with Crippen molar-refractivity contribution in [2.45, 2.75) is 0 Å². The molecule has 0 fully saturated rings. The molecule has 0 aromatic carbocycles. The van der Waals surface area contributed by atoms with Crippen LogP contribution in [0.15, 0.2) is 16.5 Å². The van der Waals surface area contributed by atoms with Crippen molar-refractivity contribution in [3.8, 4) is 0 Å². The van der Waals surface area contributed by atoms with Crippen LogP contribution in [0.25, 0.3) is 0 Å². The molecule has 0 saturated carbocycles. The Bertz CT molecular complexity index is 257. The Hall–Kier alpha value is -0.800. The van der Waals surface area contributed by atoms with Gasteiger partial charge in [0, 0.05) is 0 Å². The minimum Gasteiger partial charge on any atom is -0.442 e. The highest BCUT2D eigenvalue weighted by atomic mass is 35.5. The quantitative estimate of drug-likeness (QED) is 0.702. The van der Waals surface area contributed by atoms with Crippen LogP contribution in [0, 0.1) is 0 Å². The molecular formula is C7H8ClNO2. The average Bonchev–Trinajstić information content (AvgIpc) is 2.36. The van der Waals surface area contributed by atoms with Gasteiger partial charge in [-0.15, -0.1) is 0 Å². The Labute approximate surface area is 69.3 Å². The van der Waals surface area contributed by atoms with Gasteiger partial charge in [0.1, 0.15) is 0 Å². The number of ketones is 1. The largest absolute Gasteiger partial charge is 0.442 e. The number of Topliss-reactive ketones (excluding diaryl/α,β-unsaturated/α-hetero) is 1. The first-order valence-corrected chi connectivity index (χ1v) is 3.55. The fourth-order valence-electron chi connectivity index (χ4n) is 0.712. The van der Waals surface area contributed by atoms with Gasteiger partial charge in [-0.25, -0.2) is 0 Å². The Kier molecular flexibility index (Phi) is 2.68. The molecule has 0 unspecified atom stereocenters. The predicted octanol–water partition coefficient (Wildman–Crippen LogP) is 1.34. The second kappa shape index (κ2) is 3.55. The van der Waals surface area contributed by atoms with Crippen molar-refractivity contribution in [2.24, 2.45) is 0 Å². The predicted molar refractivity (Wildman–Crippen MR) is 42.0 cm³/mol. The first-order valence-electron chi connectivity index (χ1n) is 3.17. The zero-order chi connectivity index (χ0) is 8.27. The zero-order valence-electron chi connectivity index (χ0n) is 6.06. The van der Waals surface area contributed by atoms with E-state index in [0.29, 0.717) is 5.76 Å². The molecule has 0 aliphatic carbocycles. The first-order chi connectivity index (χ1) is 5.24. The van der Waals surface area contributed by atoms with E-state index in [-0.39, 0.29) is 17.5 Å². The molecule has 1 aromatic rings. The summed E-state index contributed by atoms with van der Waals surface area (Å²) in [6.07, 6.45) is 0. The number of furan rings is 1. The van der Waals surface area contributed by atoms with Crippen LogP contribution >= 0.6 is 11.6 Å². The standard InChI is InChI=1S/C7H8ClNO2/c1-9-4-5(10)6-2-3-7(8)11-6/h2-3,9H,4H2,1H3. The van der Waals surface area contributed by atoms with Gasteiger partial charge in [0.2, 0.25) is 5.78 Å². The molecule has 0 saturated heterocycles. The highest BCUT2D eigenvalue weighted by Crippen LogP contribution is 2.12. The Morgan fingerprint density at radius 2 is 2.45 bits per heavy atom. The molecule has 0 spiro atoms. The molecule has 0 amide bonds. The molecule has 3 nitrogen and oxygen atoms in total.